The minimum atomic E-state index is 0.462. The third-order valence-electron chi connectivity index (χ3n) is 1.95. The Morgan fingerprint density at radius 2 is 2.31 bits per heavy atom. The number of hydrogen-bond donors (Lipinski definition) is 1. The smallest absolute Gasteiger partial charge is 0.0670 e. The topological polar surface area (TPSA) is 49.8 Å². The van der Waals surface area contributed by atoms with Crippen molar-refractivity contribution in [2.24, 2.45) is 0 Å². The molecule has 1 heterocycles. The molecule has 0 bridgehead atoms. The van der Waals surface area contributed by atoms with Crippen LogP contribution in [0, 0.1) is 11.3 Å². The zero-order valence-corrected chi connectivity index (χ0v) is 7.77. The van der Waals surface area contributed by atoms with Crippen molar-refractivity contribution in [1.82, 2.24) is 0 Å². The number of nitrogens with two attached hydrogens (primary N) is 1. The molecule has 2 rings (SSSR count). The number of benzene rings is 1. The summed E-state index contributed by atoms with van der Waals surface area (Å²) in [4.78, 5) is 0. The SMILES string of the molecule is N#CCc1csc2ccc(N)cc12. The van der Waals surface area contributed by atoms with Crippen molar-refractivity contribution in [2.45, 2.75) is 6.42 Å². The van der Waals surface area contributed by atoms with Gasteiger partial charge in [-0.15, -0.1) is 11.3 Å². The summed E-state index contributed by atoms with van der Waals surface area (Å²) in [6, 6.07) is 7.96. The largest absolute Gasteiger partial charge is 0.399 e. The van der Waals surface area contributed by atoms with Gasteiger partial charge in [-0.25, -0.2) is 0 Å². The summed E-state index contributed by atoms with van der Waals surface area (Å²) in [6.45, 7) is 0. The summed E-state index contributed by atoms with van der Waals surface area (Å²) in [5.74, 6) is 0. The molecule has 0 fully saturated rings. The fourth-order valence-corrected chi connectivity index (χ4v) is 2.26. The maximum absolute atomic E-state index is 8.59. The number of thiophene rings is 1. The number of fused-ring (bicyclic) bond motifs is 1. The van der Waals surface area contributed by atoms with Crippen LogP contribution in [0.2, 0.25) is 0 Å². The first kappa shape index (κ1) is 8.09. The molecule has 2 N–H and O–H groups in total. The van der Waals surface area contributed by atoms with Crippen molar-refractivity contribution in [3.05, 3.63) is 29.1 Å². The van der Waals surface area contributed by atoms with Gasteiger partial charge in [-0.05, 0) is 34.5 Å². The van der Waals surface area contributed by atoms with Gasteiger partial charge in [-0.3, -0.25) is 0 Å². The summed E-state index contributed by atoms with van der Waals surface area (Å²) < 4.78 is 1.19. The van der Waals surface area contributed by atoms with Gasteiger partial charge in [0.05, 0.1) is 12.5 Å². The van der Waals surface area contributed by atoms with Crippen molar-refractivity contribution in [3.63, 3.8) is 0 Å². The maximum atomic E-state index is 8.59. The van der Waals surface area contributed by atoms with Crippen LogP contribution in [0.4, 0.5) is 5.69 Å². The molecule has 0 saturated heterocycles. The lowest BCUT2D eigenvalue weighted by molar-refractivity contribution is 1.30. The van der Waals surface area contributed by atoms with Crippen LogP contribution in [0.15, 0.2) is 23.6 Å². The van der Waals surface area contributed by atoms with Crippen LogP contribution >= 0.6 is 11.3 Å². The van der Waals surface area contributed by atoms with Crippen LogP contribution in [0.3, 0.4) is 0 Å². The second kappa shape index (κ2) is 3.08. The molecule has 0 amide bonds. The number of hydrogen-bond acceptors (Lipinski definition) is 3. The zero-order chi connectivity index (χ0) is 9.26. The van der Waals surface area contributed by atoms with Crippen molar-refractivity contribution in [2.75, 3.05) is 5.73 Å². The molecule has 1 aromatic carbocycles. The molecule has 64 valence electrons. The van der Waals surface area contributed by atoms with E-state index in [0.717, 1.165) is 16.6 Å². The second-order valence-electron chi connectivity index (χ2n) is 2.85. The Morgan fingerprint density at radius 3 is 3.08 bits per heavy atom. The maximum Gasteiger partial charge on any atom is 0.0670 e. The highest BCUT2D eigenvalue weighted by Crippen LogP contribution is 2.27. The number of nitrogens with zero attached hydrogens (tertiary/aromatic N) is 1. The molecule has 13 heavy (non-hydrogen) atoms. The molecule has 0 aliphatic carbocycles. The Hall–Kier alpha value is -1.53. The first-order chi connectivity index (χ1) is 6.31. The third kappa shape index (κ3) is 1.36. The molecule has 0 unspecified atom stereocenters. The minimum absolute atomic E-state index is 0.462. The van der Waals surface area contributed by atoms with Crippen LogP contribution in [-0.4, -0.2) is 0 Å². The van der Waals surface area contributed by atoms with E-state index in [4.69, 9.17) is 11.0 Å². The Balaban J connectivity index is 2.66. The number of rotatable bonds is 1. The van der Waals surface area contributed by atoms with Gasteiger partial charge in [0.25, 0.3) is 0 Å². The highest BCUT2D eigenvalue weighted by Gasteiger charge is 2.02. The molecule has 0 radical (unpaired) electrons. The zero-order valence-electron chi connectivity index (χ0n) is 6.95. The van der Waals surface area contributed by atoms with E-state index in [-0.39, 0.29) is 0 Å². The minimum Gasteiger partial charge on any atom is -0.399 e. The predicted molar refractivity (Wildman–Crippen MR) is 55.6 cm³/mol. The molecule has 0 aliphatic heterocycles. The van der Waals surface area contributed by atoms with Gasteiger partial charge in [0.15, 0.2) is 0 Å². The summed E-state index contributed by atoms with van der Waals surface area (Å²) in [5.41, 5.74) is 7.50. The molecular formula is C10H8N2S. The average molecular weight is 188 g/mol. The quantitative estimate of drug-likeness (QED) is 0.699. The van der Waals surface area contributed by atoms with E-state index >= 15 is 0 Å². The van der Waals surface area contributed by atoms with Crippen LogP contribution in [0.5, 0.6) is 0 Å². The van der Waals surface area contributed by atoms with Crippen LogP contribution in [0.1, 0.15) is 5.56 Å². The van der Waals surface area contributed by atoms with Gasteiger partial charge < -0.3 is 5.73 Å². The van der Waals surface area contributed by atoms with Gasteiger partial charge in [0, 0.05) is 10.4 Å². The Labute approximate surface area is 80.2 Å². The molecule has 2 nitrogen and oxygen atoms in total. The normalized spacial score (nSPS) is 10.1. The third-order valence-corrected chi connectivity index (χ3v) is 2.96. The van der Waals surface area contributed by atoms with Crippen LogP contribution in [-0.2, 0) is 6.42 Å². The predicted octanol–water partition coefficient (Wildman–Crippen LogP) is 2.55. The Kier molecular flexibility index (Phi) is 1.91. The Morgan fingerprint density at radius 1 is 1.46 bits per heavy atom. The summed E-state index contributed by atoms with van der Waals surface area (Å²) >= 11 is 1.66. The van der Waals surface area contributed by atoms with E-state index in [0.29, 0.717) is 6.42 Å². The second-order valence-corrected chi connectivity index (χ2v) is 3.76. The lowest BCUT2D eigenvalue weighted by Crippen LogP contribution is -1.83. The fraction of sp³-hybridized carbons (Fsp3) is 0.100. The number of nitriles is 1. The lowest BCUT2D eigenvalue weighted by atomic mass is 10.1. The van der Waals surface area contributed by atoms with Gasteiger partial charge in [-0.1, -0.05) is 0 Å². The molecule has 3 heteroatoms. The molecule has 2 aromatic rings. The highest BCUT2D eigenvalue weighted by atomic mass is 32.1. The fourth-order valence-electron chi connectivity index (χ4n) is 1.32. The molecule has 0 saturated carbocycles. The summed E-state index contributed by atoms with van der Waals surface area (Å²) in [7, 11) is 0. The molecular weight excluding hydrogens is 180 g/mol. The van der Waals surface area contributed by atoms with Gasteiger partial charge in [0.1, 0.15) is 0 Å². The summed E-state index contributed by atoms with van der Waals surface area (Å²) in [5, 5.41) is 11.7. The summed E-state index contributed by atoms with van der Waals surface area (Å²) in [6.07, 6.45) is 0.462. The van der Waals surface area contributed by atoms with Crippen molar-refractivity contribution in [1.29, 1.82) is 5.26 Å². The van der Waals surface area contributed by atoms with E-state index in [9.17, 15) is 0 Å². The van der Waals surface area contributed by atoms with E-state index in [2.05, 4.69) is 6.07 Å². The van der Waals surface area contributed by atoms with E-state index in [1.54, 1.807) is 11.3 Å². The average Bonchev–Trinajstić information content (AvgIpc) is 2.49. The standard InChI is InChI=1S/C10H8N2S/c11-4-3-7-6-13-10-2-1-8(12)5-9(7)10/h1-2,5-6H,3,12H2. The van der Waals surface area contributed by atoms with E-state index in [1.165, 1.54) is 4.70 Å². The molecule has 0 aliphatic rings. The number of nitrogen functional groups attached to an aromatic ring is 1. The van der Waals surface area contributed by atoms with Crippen molar-refractivity contribution in [3.8, 4) is 6.07 Å². The lowest BCUT2D eigenvalue weighted by Gasteiger charge is -1.94. The molecule has 0 atom stereocenters. The van der Waals surface area contributed by atoms with E-state index in [1.807, 2.05) is 23.6 Å². The molecule has 1 aromatic heterocycles. The molecule has 0 spiro atoms. The van der Waals surface area contributed by atoms with Crippen LogP contribution in [0.25, 0.3) is 10.1 Å². The van der Waals surface area contributed by atoms with Gasteiger partial charge >= 0.3 is 0 Å². The first-order valence-corrected chi connectivity index (χ1v) is 4.82. The first-order valence-electron chi connectivity index (χ1n) is 3.94. The van der Waals surface area contributed by atoms with Crippen LogP contribution < -0.4 is 5.73 Å². The monoisotopic (exact) mass is 188 g/mol. The van der Waals surface area contributed by atoms with Gasteiger partial charge in [-0.2, -0.15) is 5.26 Å². The number of anilines is 1. The Bertz CT molecular complexity index is 479. The van der Waals surface area contributed by atoms with Gasteiger partial charge in [0.2, 0.25) is 0 Å². The van der Waals surface area contributed by atoms with E-state index < -0.39 is 0 Å². The van der Waals surface area contributed by atoms with Crippen molar-refractivity contribution < 1.29 is 0 Å². The van der Waals surface area contributed by atoms with Crippen molar-refractivity contribution >= 4 is 27.1 Å². The highest BCUT2D eigenvalue weighted by molar-refractivity contribution is 7.17.